The second-order valence-corrected chi connectivity index (χ2v) is 7.96. The van der Waals surface area contributed by atoms with E-state index in [0.717, 1.165) is 32.8 Å². The standard InChI is InChI=1S/C27H20F3N2/c1-17-13-20-8-3-4-9-21(20)16-32(17)25-15-22(27(28,29)30)14-24(18(25)2)26-23-10-6-5-7-19(23)11-12-31-26/h3-16H,1-2H3/q+1. The Morgan fingerprint density at radius 1 is 0.781 bits per heavy atom. The van der Waals surface area contributed by atoms with E-state index in [2.05, 4.69) is 4.98 Å². The van der Waals surface area contributed by atoms with Gasteiger partial charge in [-0.15, -0.1) is 0 Å². The fourth-order valence-electron chi connectivity index (χ4n) is 4.25. The zero-order chi connectivity index (χ0) is 22.5. The van der Waals surface area contributed by atoms with Crippen LogP contribution in [0.2, 0.25) is 0 Å². The van der Waals surface area contributed by atoms with E-state index in [0.29, 0.717) is 16.9 Å². The number of halogens is 3. The number of nitrogens with zero attached hydrogens (tertiary/aromatic N) is 2. The van der Waals surface area contributed by atoms with Crippen molar-refractivity contribution in [2.75, 3.05) is 0 Å². The van der Waals surface area contributed by atoms with Crippen molar-refractivity contribution in [2.45, 2.75) is 20.0 Å². The molecule has 0 saturated carbocycles. The predicted molar refractivity (Wildman–Crippen MR) is 121 cm³/mol. The van der Waals surface area contributed by atoms with Gasteiger partial charge in [-0.25, -0.2) is 0 Å². The summed E-state index contributed by atoms with van der Waals surface area (Å²) >= 11 is 0. The number of pyridine rings is 2. The average Bonchev–Trinajstić information content (AvgIpc) is 2.78. The summed E-state index contributed by atoms with van der Waals surface area (Å²) in [5, 5.41) is 3.76. The van der Waals surface area contributed by atoms with E-state index in [1.807, 2.05) is 85.3 Å². The lowest BCUT2D eigenvalue weighted by atomic mass is 9.96. The van der Waals surface area contributed by atoms with Crippen molar-refractivity contribution in [2.24, 2.45) is 0 Å². The molecule has 5 aromatic rings. The van der Waals surface area contributed by atoms with Crippen molar-refractivity contribution < 1.29 is 17.7 Å². The minimum absolute atomic E-state index is 0.478. The van der Waals surface area contributed by atoms with Gasteiger partial charge in [0.2, 0.25) is 5.69 Å². The normalized spacial score (nSPS) is 11.9. The Bertz CT molecular complexity index is 1480. The maximum Gasteiger partial charge on any atom is 0.416 e. The molecule has 0 saturated heterocycles. The molecule has 158 valence electrons. The summed E-state index contributed by atoms with van der Waals surface area (Å²) in [6, 6.07) is 21.7. The van der Waals surface area contributed by atoms with Gasteiger partial charge in [-0.3, -0.25) is 4.98 Å². The van der Waals surface area contributed by atoms with Crippen LogP contribution >= 0.6 is 0 Å². The van der Waals surface area contributed by atoms with Gasteiger partial charge in [-0.05, 0) is 35.9 Å². The molecule has 0 unspecified atom stereocenters. The number of benzene rings is 3. The molecule has 0 radical (unpaired) electrons. The molecule has 0 spiro atoms. The molecule has 0 N–H and O–H groups in total. The van der Waals surface area contributed by atoms with E-state index < -0.39 is 11.7 Å². The fourth-order valence-corrected chi connectivity index (χ4v) is 4.25. The van der Waals surface area contributed by atoms with Gasteiger partial charge in [0, 0.05) is 47.2 Å². The zero-order valence-electron chi connectivity index (χ0n) is 17.6. The molecule has 0 bridgehead atoms. The average molecular weight is 429 g/mol. The minimum atomic E-state index is -4.48. The minimum Gasteiger partial charge on any atom is -0.256 e. The van der Waals surface area contributed by atoms with Crippen molar-refractivity contribution in [1.29, 1.82) is 0 Å². The second-order valence-electron chi connectivity index (χ2n) is 7.96. The molecule has 0 amide bonds. The molecule has 0 aliphatic heterocycles. The number of rotatable bonds is 2. The van der Waals surface area contributed by atoms with Crippen LogP contribution in [0.4, 0.5) is 13.2 Å². The highest BCUT2D eigenvalue weighted by Gasteiger charge is 2.34. The van der Waals surface area contributed by atoms with Gasteiger partial charge < -0.3 is 0 Å². The lowest BCUT2D eigenvalue weighted by Crippen LogP contribution is -2.35. The molecule has 5 rings (SSSR count). The predicted octanol–water partition coefficient (Wildman–Crippen LogP) is 6.97. The topological polar surface area (TPSA) is 16.8 Å². The Kier molecular flexibility index (Phi) is 4.70. The Hall–Kier alpha value is -3.73. The van der Waals surface area contributed by atoms with Gasteiger partial charge in [0.25, 0.3) is 0 Å². The quantitative estimate of drug-likeness (QED) is 0.277. The number of hydrogen-bond donors (Lipinski definition) is 0. The monoisotopic (exact) mass is 429 g/mol. The van der Waals surface area contributed by atoms with Crippen molar-refractivity contribution in [3.63, 3.8) is 0 Å². The summed E-state index contributed by atoms with van der Waals surface area (Å²) in [6.45, 7) is 3.76. The molecule has 0 aliphatic carbocycles. The van der Waals surface area contributed by atoms with E-state index in [9.17, 15) is 13.2 Å². The summed E-state index contributed by atoms with van der Waals surface area (Å²) in [5.74, 6) is 0. The van der Waals surface area contributed by atoms with Crippen molar-refractivity contribution >= 4 is 21.5 Å². The number of aryl methyl sites for hydroxylation is 1. The van der Waals surface area contributed by atoms with E-state index >= 15 is 0 Å². The highest BCUT2D eigenvalue weighted by atomic mass is 19.4. The van der Waals surface area contributed by atoms with Crippen LogP contribution in [-0.4, -0.2) is 4.98 Å². The Morgan fingerprint density at radius 3 is 2.22 bits per heavy atom. The third-order valence-corrected chi connectivity index (χ3v) is 5.90. The summed E-state index contributed by atoms with van der Waals surface area (Å²) in [4.78, 5) is 4.49. The molecule has 32 heavy (non-hydrogen) atoms. The number of alkyl halides is 3. The molecule has 2 nitrogen and oxygen atoms in total. The van der Waals surface area contributed by atoms with E-state index in [4.69, 9.17) is 0 Å². The van der Waals surface area contributed by atoms with Gasteiger partial charge >= 0.3 is 6.18 Å². The number of hydrogen-bond acceptors (Lipinski definition) is 1. The SMILES string of the molecule is Cc1c(-c2nccc3ccccc23)cc(C(F)(F)F)cc1-[n+]1cc2ccccc2cc1C. The smallest absolute Gasteiger partial charge is 0.256 e. The maximum atomic E-state index is 13.9. The van der Waals surface area contributed by atoms with Crippen LogP contribution in [0.5, 0.6) is 0 Å². The first-order chi connectivity index (χ1) is 15.3. The lowest BCUT2D eigenvalue weighted by molar-refractivity contribution is -0.601. The van der Waals surface area contributed by atoms with Crippen LogP contribution < -0.4 is 4.57 Å². The van der Waals surface area contributed by atoms with E-state index in [1.54, 1.807) is 6.20 Å². The largest absolute Gasteiger partial charge is 0.416 e. The first-order valence-electron chi connectivity index (χ1n) is 10.3. The molecule has 2 heterocycles. The van der Waals surface area contributed by atoms with Crippen LogP contribution in [0.15, 0.2) is 85.2 Å². The highest BCUT2D eigenvalue weighted by molar-refractivity contribution is 5.95. The Balaban J connectivity index is 1.84. The Labute approximate surface area is 183 Å². The van der Waals surface area contributed by atoms with Crippen molar-refractivity contribution in [3.05, 3.63) is 102 Å². The van der Waals surface area contributed by atoms with Gasteiger partial charge in [0.05, 0.1) is 11.3 Å². The van der Waals surface area contributed by atoms with E-state index in [1.165, 1.54) is 12.1 Å². The molecule has 0 aliphatic rings. The first kappa shape index (κ1) is 20.2. The van der Waals surface area contributed by atoms with Gasteiger partial charge in [0.1, 0.15) is 0 Å². The van der Waals surface area contributed by atoms with Gasteiger partial charge in [-0.1, -0.05) is 42.5 Å². The third kappa shape index (κ3) is 3.40. The third-order valence-electron chi connectivity index (χ3n) is 5.90. The van der Waals surface area contributed by atoms with Crippen LogP contribution in [0.3, 0.4) is 0 Å². The molecule has 0 fully saturated rings. The number of aromatic nitrogens is 2. The van der Waals surface area contributed by atoms with Crippen LogP contribution in [0.25, 0.3) is 38.5 Å². The summed E-state index contributed by atoms with van der Waals surface area (Å²) in [5.41, 5.74) is 2.42. The number of fused-ring (bicyclic) bond motifs is 2. The highest BCUT2D eigenvalue weighted by Crippen LogP contribution is 2.37. The molecule has 5 heteroatoms. The zero-order valence-corrected chi connectivity index (χ0v) is 17.6. The fraction of sp³-hybridized carbons (Fsp3) is 0.111. The van der Waals surface area contributed by atoms with Crippen molar-refractivity contribution in [3.8, 4) is 16.9 Å². The molecular formula is C27H20F3N2+. The van der Waals surface area contributed by atoms with E-state index in [-0.39, 0.29) is 0 Å². The molecule has 2 aromatic heterocycles. The van der Waals surface area contributed by atoms with Crippen LogP contribution in [0.1, 0.15) is 16.8 Å². The van der Waals surface area contributed by atoms with Gasteiger partial charge in [0.15, 0.2) is 11.9 Å². The summed E-state index contributed by atoms with van der Waals surface area (Å²) < 4.78 is 43.7. The maximum absolute atomic E-state index is 13.9. The second kappa shape index (κ2) is 7.45. The van der Waals surface area contributed by atoms with Crippen LogP contribution in [0, 0.1) is 13.8 Å². The summed E-state index contributed by atoms with van der Waals surface area (Å²) in [6.07, 6.45) is -0.938. The summed E-state index contributed by atoms with van der Waals surface area (Å²) in [7, 11) is 0. The lowest BCUT2D eigenvalue weighted by Gasteiger charge is -2.15. The molecule has 3 aromatic carbocycles. The first-order valence-corrected chi connectivity index (χ1v) is 10.3. The molecular weight excluding hydrogens is 409 g/mol. The Morgan fingerprint density at radius 2 is 1.47 bits per heavy atom. The molecule has 0 atom stereocenters. The van der Waals surface area contributed by atoms with Crippen molar-refractivity contribution in [1.82, 2.24) is 4.98 Å². The van der Waals surface area contributed by atoms with Gasteiger partial charge in [-0.2, -0.15) is 17.7 Å². The van der Waals surface area contributed by atoms with Crippen LogP contribution in [-0.2, 0) is 6.18 Å².